The van der Waals surface area contributed by atoms with Crippen LogP contribution in [0, 0.1) is 0 Å². The fourth-order valence-corrected chi connectivity index (χ4v) is 22.4. The van der Waals surface area contributed by atoms with Gasteiger partial charge in [0.2, 0.25) is 0 Å². The maximum atomic E-state index is 3.66. The van der Waals surface area contributed by atoms with Crippen molar-refractivity contribution in [2.75, 3.05) is 0 Å². The Balaban J connectivity index is 0.0000000919. The van der Waals surface area contributed by atoms with Gasteiger partial charge in [0.1, 0.15) is 0 Å². The van der Waals surface area contributed by atoms with E-state index >= 15 is 0 Å². The van der Waals surface area contributed by atoms with E-state index in [0.717, 1.165) is 17.9 Å². The van der Waals surface area contributed by atoms with Crippen molar-refractivity contribution in [2.45, 2.75) is 0 Å². The Bertz CT molecular complexity index is 7710. The molecule has 12 heteroatoms. The van der Waals surface area contributed by atoms with Crippen molar-refractivity contribution < 1.29 is 0 Å². The molecular formula is C96H56Br4N4S4. The Labute approximate surface area is 668 Å². The summed E-state index contributed by atoms with van der Waals surface area (Å²) in [5.41, 5.74) is 14.8. The Hall–Kier alpha value is -10.5. The summed E-state index contributed by atoms with van der Waals surface area (Å²) in [5.74, 6) is 0. The molecule has 0 aliphatic carbocycles. The lowest BCUT2D eigenvalue weighted by molar-refractivity contribution is 1.18. The summed E-state index contributed by atoms with van der Waals surface area (Å²) in [6.45, 7) is 0. The van der Waals surface area contributed by atoms with E-state index in [0.29, 0.717) is 0 Å². The predicted octanol–water partition coefficient (Wildman–Crippen LogP) is 31.7. The van der Waals surface area contributed by atoms with Crippen molar-refractivity contribution in [1.82, 2.24) is 18.3 Å². The van der Waals surface area contributed by atoms with E-state index in [-0.39, 0.29) is 0 Å². The summed E-state index contributed by atoms with van der Waals surface area (Å²) in [6.07, 6.45) is 0. The molecule has 0 fully saturated rings. The van der Waals surface area contributed by atoms with Crippen molar-refractivity contribution in [3.05, 3.63) is 358 Å². The molecule has 0 saturated heterocycles. The maximum absolute atomic E-state index is 3.66. The number of fused-ring (bicyclic) bond motifs is 26. The number of nitrogens with zero attached hydrogens (tertiary/aromatic N) is 4. The van der Waals surface area contributed by atoms with Crippen LogP contribution in [0.1, 0.15) is 0 Å². The maximum Gasteiger partial charge on any atom is 0.0634 e. The van der Waals surface area contributed by atoms with E-state index < -0.39 is 0 Å². The molecule has 16 aromatic carbocycles. The highest BCUT2D eigenvalue weighted by Gasteiger charge is 2.23. The first kappa shape index (κ1) is 65.8. The number of rotatable bonds is 4. The van der Waals surface area contributed by atoms with Crippen LogP contribution in [-0.4, -0.2) is 18.3 Å². The second-order valence-electron chi connectivity index (χ2n) is 27.1. The van der Waals surface area contributed by atoms with Crippen LogP contribution in [0.5, 0.6) is 0 Å². The Kier molecular flexibility index (Phi) is 16.3. The molecule has 0 saturated carbocycles. The van der Waals surface area contributed by atoms with Crippen molar-refractivity contribution in [3.8, 4) is 22.7 Å². The molecule has 0 N–H and O–H groups in total. The normalized spacial score (nSPS) is 11.9. The van der Waals surface area contributed by atoms with Gasteiger partial charge in [-0.05, 0) is 170 Å². The van der Waals surface area contributed by atoms with Gasteiger partial charge in [-0.2, -0.15) is 0 Å². The van der Waals surface area contributed by atoms with Crippen molar-refractivity contribution >= 4 is 277 Å². The number of thiophene rings is 4. The highest BCUT2D eigenvalue weighted by Crippen LogP contribution is 2.48. The molecular weight excluding hydrogens is 1660 g/mol. The summed E-state index contributed by atoms with van der Waals surface area (Å²) in [7, 11) is 0. The van der Waals surface area contributed by atoms with E-state index in [2.05, 4.69) is 422 Å². The van der Waals surface area contributed by atoms with Gasteiger partial charge in [-0.1, -0.05) is 234 Å². The summed E-state index contributed by atoms with van der Waals surface area (Å²) in [6, 6.07) is 122. The van der Waals surface area contributed by atoms with E-state index in [4.69, 9.17) is 0 Å². The molecule has 0 amide bonds. The first-order chi connectivity index (χ1) is 53.2. The van der Waals surface area contributed by atoms with Crippen LogP contribution in [0.3, 0.4) is 0 Å². The second kappa shape index (κ2) is 26.7. The van der Waals surface area contributed by atoms with Crippen LogP contribution in [-0.2, 0) is 0 Å². The summed E-state index contributed by atoms with van der Waals surface area (Å²) in [4.78, 5) is 0. The third kappa shape index (κ3) is 10.9. The molecule has 8 heterocycles. The molecule has 0 aliphatic rings. The van der Waals surface area contributed by atoms with Crippen molar-refractivity contribution in [3.63, 3.8) is 0 Å². The average Bonchev–Trinajstić information content (AvgIpc) is 1.59. The number of hydrogen-bond acceptors (Lipinski definition) is 4. The molecule has 8 aromatic heterocycles. The Morgan fingerprint density at radius 2 is 0.519 bits per heavy atom. The van der Waals surface area contributed by atoms with Gasteiger partial charge >= 0.3 is 0 Å². The topological polar surface area (TPSA) is 19.7 Å². The zero-order valence-electron chi connectivity index (χ0n) is 57.3. The molecule has 108 heavy (non-hydrogen) atoms. The molecule has 0 bridgehead atoms. The Morgan fingerprint density at radius 1 is 0.176 bits per heavy atom. The molecule has 4 nitrogen and oxygen atoms in total. The van der Waals surface area contributed by atoms with E-state index in [1.54, 1.807) is 0 Å². The van der Waals surface area contributed by atoms with Crippen LogP contribution < -0.4 is 0 Å². The van der Waals surface area contributed by atoms with Gasteiger partial charge in [-0.3, -0.25) is 0 Å². The number of para-hydroxylation sites is 4. The summed E-state index contributed by atoms with van der Waals surface area (Å²) >= 11 is 22.1. The third-order valence-electron chi connectivity index (χ3n) is 21.0. The summed E-state index contributed by atoms with van der Waals surface area (Å²) in [5, 5.41) is 21.1. The predicted molar refractivity (Wildman–Crippen MR) is 485 cm³/mol. The minimum atomic E-state index is 1.10. The number of halogens is 4. The van der Waals surface area contributed by atoms with Gasteiger partial charge in [-0.25, -0.2) is 0 Å². The minimum Gasteiger partial charge on any atom is -0.309 e. The van der Waals surface area contributed by atoms with E-state index in [1.807, 2.05) is 45.3 Å². The SMILES string of the molecule is Brc1ccc2c(c1)c1cc3sc4ccccc4c3cc1n2-c1ccccc1.Brc1ccc2c(c1)c1ccc3sc4ccccc4c3c1n2-c1ccccc1.Brc1ccc2c3c4sc5ccccc5c4ccc3n(-c3ccccc3)c2c1.Brc1ccc2c3cc4sc5ccccc5c4cc3n(-c3ccccc3)c2c1. The van der Waals surface area contributed by atoms with Crippen LogP contribution in [0.4, 0.5) is 0 Å². The molecule has 0 radical (unpaired) electrons. The molecule has 24 rings (SSSR count). The fourth-order valence-electron chi connectivity index (χ4n) is 16.4. The zero-order valence-corrected chi connectivity index (χ0v) is 66.9. The van der Waals surface area contributed by atoms with Gasteiger partial charge in [-0.15, -0.1) is 45.3 Å². The average molecular weight is 1710 g/mol. The van der Waals surface area contributed by atoms with Crippen molar-refractivity contribution in [1.29, 1.82) is 0 Å². The standard InChI is InChI=1S/4C24H14BrNS/c25-15-10-12-20-19(14-15)17-11-13-22-23(18-8-4-5-9-21(18)27-22)24(17)26(20)16-6-2-1-3-7-16;25-15-10-11-17-19-14-24-20(18-8-4-5-9-23(18)27-24)13-22(19)26(21(17)12-15)16-6-2-1-3-7-16;25-15-10-11-21-18(12-15)19-14-24-20(17-8-4-5-9-23(17)27-24)13-22(19)26(21)16-6-2-1-3-7-16;25-15-10-11-19-21(14-15)26(16-6-2-1-3-7-16)20-13-12-18-17-8-4-5-9-22(17)27-24(18)23(19)20/h4*1-14H. The molecule has 0 unspecified atom stereocenters. The van der Waals surface area contributed by atoms with Gasteiger partial charge in [0.25, 0.3) is 0 Å². The van der Waals surface area contributed by atoms with Crippen molar-refractivity contribution in [2.24, 2.45) is 0 Å². The number of aromatic nitrogens is 4. The first-order valence-electron chi connectivity index (χ1n) is 35.6. The molecule has 0 spiro atoms. The fraction of sp³-hybridized carbons (Fsp3) is 0. The molecule has 0 aliphatic heterocycles. The lowest BCUT2D eigenvalue weighted by Crippen LogP contribution is -1.93. The largest absolute Gasteiger partial charge is 0.309 e. The summed E-state index contributed by atoms with van der Waals surface area (Å²) < 4.78 is 24.7. The first-order valence-corrected chi connectivity index (χ1v) is 42.0. The molecule has 512 valence electrons. The number of benzene rings is 16. The quantitative estimate of drug-likeness (QED) is 0.167. The monoisotopic (exact) mass is 1710 g/mol. The zero-order chi connectivity index (χ0) is 71.8. The van der Waals surface area contributed by atoms with Gasteiger partial charge in [0.05, 0.1) is 44.1 Å². The lowest BCUT2D eigenvalue weighted by atomic mass is 10.1. The smallest absolute Gasteiger partial charge is 0.0634 e. The van der Waals surface area contributed by atoms with Gasteiger partial charge < -0.3 is 18.3 Å². The lowest BCUT2D eigenvalue weighted by Gasteiger charge is -2.08. The van der Waals surface area contributed by atoms with E-state index in [1.165, 1.54) is 191 Å². The van der Waals surface area contributed by atoms with Crippen LogP contribution in [0.15, 0.2) is 358 Å². The third-order valence-corrected chi connectivity index (χ3v) is 27.6. The van der Waals surface area contributed by atoms with E-state index in [9.17, 15) is 0 Å². The van der Waals surface area contributed by atoms with Crippen LogP contribution in [0.2, 0.25) is 0 Å². The van der Waals surface area contributed by atoms with Crippen LogP contribution >= 0.6 is 109 Å². The van der Waals surface area contributed by atoms with Gasteiger partial charge in [0.15, 0.2) is 0 Å². The molecule has 0 atom stereocenters. The van der Waals surface area contributed by atoms with Gasteiger partial charge in [0, 0.05) is 164 Å². The molecule has 24 aromatic rings. The minimum absolute atomic E-state index is 1.10. The highest BCUT2D eigenvalue weighted by molar-refractivity contribution is 9.11. The number of hydrogen-bond donors (Lipinski definition) is 0. The highest BCUT2D eigenvalue weighted by atomic mass is 79.9. The van der Waals surface area contributed by atoms with Crippen LogP contribution in [0.25, 0.3) is 191 Å². The second-order valence-corrected chi connectivity index (χ2v) is 35.1. The Morgan fingerprint density at radius 3 is 1.06 bits per heavy atom.